The zero-order valence-electron chi connectivity index (χ0n) is 17.0. The highest BCUT2D eigenvalue weighted by atomic mass is 32.1. The number of aryl methyl sites for hydroxylation is 2. The van der Waals surface area contributed by atoms with Gasteiger partial charge in [-0.1, -0.05) is 0 Å². The number of nitrogens with one attached hydrogen (secondary N) is 2. The Morgan fingerprint density at radius 3 is 2.57 bits per heavy atom. The summed E-state index contributed by atoms with van der Waals surface area (Å²) in [4.78, 5) is 26.1. The minimum absolute atomic E-state index is 0.140. The van der Waals surface area contributed by atoms with Crippen LogP contribution in [0, 0.1) is 6.92 Å². The van der Waals surface area contributed by atoms with E-state index in [1.54, 1.807) is 35.6 Å². The van der Waals surface area contributed by atoms with Gasteiger partial charge >= 0.3 is 5.97 Å². The predicted octanol–water partition coefficient (Wildman–Crippen LogP) is 5.18. The molecule has 2 heterocycles. The molecule has 0 saturated carbocycles. The van der Waals surface area contributed by atoms with Crippen LogP contribution in [0.2, 0.25) is 0 Å². The maximum atomic E-state index is 13.2. The van der Waals surface area contributed by atoms with E-state index in [1.165, 1.54) is 12.0 Å². The number of anilines is 2. The number of hydrogen-bond acceptors (Lipinski definition) is 6. The van der Waals surface area contributed by atoms with Crippen LogP contribution in [0.3, 0.4) is 0 Å². The normalized spacial score (nSPS) is 12.9. The molecule has 0 radical (unpaired) electrons. The summed E-state index contributed by atoms with van der Waals surface area (Å²) in [5.74, 6) is 1.16. The highest BCUT2D eigenvalue weighted by Gasteiger charge is 2.25. The molecule has 7 heteroatoms. The largest absolute Gasteiger partial charge is 0.465 e. The van der Waals surface area contributed by atoms with Crippen LogP contribution in [0.25, 0.3) is 0 Å². The van der Waals surface area contributed by atoms with E-state index in [0.717, 1.165) is 53.3 Å². The van der Waals surface area contributed by atoms with Crippen molar-refractivity contribution < 1.29 is 18.7 Å². The topological polar surface area (TPSA) is 80.6 Å². The molecule has 6 nitrogen and oxygen atoms in total. The van der Waals surface area contributed by atoms with Gasteiger partial charge in [0.05, 0.1) is 24.8 Å². The molecule has 0 unspecified atom stereocenters. The first kappa shape index (κ1) is 20.2. The van der Waals surface area contributed by atoms with Crippen LogP contribution >= 0.6 is 11.3 Å². The second-order valence-electron chi connectivity index (χ2n) is 7.30. The van der Waals surface area contributed by atoms with Gasteiger partial charge in [0.1, 0.15) is 16.5 Å². The number of methoxy groups -OCH3 is 1. The zero-order chi connectivity index (χ0) is 21.1. The molecular weight excluding hydrogens is 400 g/mol. The van der Waals surface area contributed by atoms with Crippen molar-refractivity contribution in [1.82, 2.24) is 0 Å². The van der Waals surface area contributed by atoms with Crippen molar-refractivity contribution in [2.45, 2.75) is 39.2 Å². The quantitative estimate of drug-likeness (QED) is 0.533. The number of fused-ring (bicyclic) bond motifs is 1. The second kappa shape index (κ2) is 8.75. The number of thiophene rings is 1. The molecule has 2 N–H and O–H groups in total. The van der Waals surface area contributed by atoms with Crippen molar-refractivity contribution >= 4 is 33.9 Å². The van der Waals surface area contributed by atoms with Gasteiger partial charge in [-0.2, -0.15) is 0 Å². The number of benzene rings is 1. The molecule has 1 aromatic carbocycles. The third-order valence-corrected chi connectivity index (χ3v) is 6.43. The summed E-state index contributed by atoms with van der Waals surface area (Å²) < 4.78 is 10.4. The summed E-state index contributed by atoms with van der Waals surface area (Å²) in [7, 11) is 1.34. The lowest BCUT2D eigenvalue weighted by Crippen LogP contribution is -2.16. The van der Waals surface area contributed by atoms with Crippen LogP contribution in [0.1, 0.15) is 55.5 Å². The summed E-state index contributed by atoms with van der Waals surface area (Å²) in [6, 6.07) is 10.6. The Morgan fingerprint density at radius 1 is 1.10 bits per heavy atom. The van der Waals surface area contributed by atoms with Gasteiger partial charge in [-0.15, -0.1) is 11.3 Å². The van der Waals surface area contributed by atoms with E-state index in [0.29, 0.717) is 17.8 Å². The standard InChI is InChI=1S/C23H24N2O4S/c1-14-7-12-17(29-14)13-24-22-20(18-5-3-4-6-19(18)30-22)21(26)25-16-10-8-15(9-11-16)23(27)28-2/h7-12,24H,3-6,13H2,1-2H3,(H,25,26). The fraction of sp³-hybridized carbons (Fsp3) is 0.304. The van der Waals surface area contributed by atoms with Crippen LogP contribution in [-0.4, -0.2) is 19.0 Å². The molecule has 0 fully saturated rings. The van der Waals surface area contributed by atoms with Crippen molar-refractivity contribution in [3.63, 3.8) is 0 Å². The SMILES string of the molecule is COC(=O)c1ccc(NC(=O)c2c(NCc3ccc(C)o3)sc3c2CCCC3)cc1. The molecule has 2 aromatic heterocycles. The molecular formula is C23H24N2O4S. The summed E-state index contributed by atoms with van der Waals surface area (Å²) in [6.07, 6.45) is 4.17. The Morgan fingerprint density at radius 2 is 1.87 bits per heavy atom. The Bertz CT molecular complexity index is 1070. The van der Waals surface area contributed by atoms with Gasteiger partial charge in [0, 0.05) is 10.6 Å². The summed E-state index contributed by atoms with van der Waals surface area (Å²) in [5.41, 5.74) is 2.94. The highest BCUT2D eigenvalue weighted by molar-refractivity contribution is 7.16. The van der Waals surface area contributed by atoms with E-state index in [1.807, 2.05) is 19.1 Å². The van der Waals surface area contributed by atoms with Gasteiger partial charge in [-0.25, -0.2) is 4.79 Å². The Kier molecular flexibility index (Phi) is 5.90. The number of ether oxygens (including phenoxy) is 1. The molecule has 0 aliphatic heterocycles. The van der Waals surface area contributed by atoms with Gasteiger partial charge in [-0.05, 0) is 74.6 Å². The van der Waals surface area contributed by atoms with Crippen LogP contribution < -0.4 is 10.6 Å². The number of amides is 1. The molecule has 30 heavy (non-hydrogen) atoms. The first-order valence-electron chi connectivity index (χ1n) is 9.98. The number of esters is 1. The monoisotopic (exact) mass is 424 g/mol. The molecule has 1 aliphatic carbocycles. The van der Waals surface area contributed by atoms with Crippen LogP contribution in [0.4, 0.5) is 10.7 Å². The summed E-state index contributed by atoms with van der Waals surface area (Å²) in [6.45, 7) is 2.44. The van der Waals surface area contributed by atoms with Gasteiger partial charge in [0.25, 0.3) is 5.91 Å². The van der Waals surface area contributed by atoms with Gasteiger partial charge in [-0.3, -0.25) is 4.79 Å². The maximum Gasteiger partial charge on any atom is 0.337 e. The molecule has 1 aliphatic rings. The number of carbonyl (C=O) groups excluding carboxylic acids is 2. The van der Waals surface area contributed by atoms with E-state index in [2.05, 4.69) is 10.6 Å². The zero-order valence-corrected chi connectivity index (χ0v) is 17.9. The number of carbonyl (C=O) groups is 2. The molecule has 4 rings (SSSR count). The third kappa shape index (κ3) is 4.26. The van der Waals surface area contributed by atoms with Crippen LogP contribution in [0.15, 0.2) is 40.8 Å². The van der Waals surface area contributed by atoms with Crippen molar-refractivity contribution in [2.75, 3.05) is 17.7 Å². The van der Waals surface area contributed by atoms with Crippen molar-refractivity contribution in [2.24, 2.45) is 0 Å². The molecule has 3 aromatic rings. The lowest BCUT2D eigenvalue weighted by molar-refractivity contribution is 0.0600. The van der Waals surface area contributed by atoms with E-state index < -0.39 is 5.97 Å². The fourth-order valence-corrected chi connectivity index (χ4v) is 4.96. The van der Waals surface area contributed by atoms with Crippen LogP contribution in [0.5, 0.6) is 0 Å². The summed E-state index contributed by atoms with van der Waals surface area (Å²) in [5, 5.41) is 7.25. The molecule has 156 valence electrons. The van der Waals surface area contributed by atoms with E-state index in [9.17, 15) is 9.59 Å². The predicted molar refractivity (Wildman–Crippen MR) is 117 cm³/mol. The summed E-state index contributed by atoms with van der Waals surface area (Å²) >= 11 is 1.66. The van der Waals surface area contributed by atoms with E-state index >= 15 is 0 Å². The minimum atomic E-state index is -0.403. The smallest absolute Gasteiger partial charge is 0.337 e. The van der Waals surface area contributed by atoms with E-state index in [4.69, 9.17) is 9.15 Å². The highest BCUT2D eigenvalue weighted by Crippen LogP contribution is 2.38. The Balaban J connectivity index is 1.56. The van der Waals surface area contributed by atoms with Gasteiger partial charge < -0.3 is 19.8 Å². The first-order chi connectivity index (χ1) is 14.5. The third-order valence-electron chi connectivity index (χ3n) is 5.18. The maximum absolute atomic E-state index is 13.2. The van der Waals surface area contributed by atoms with Crippen molar-refractivity contribution in [3.05, 3.63) is 69.5 Å². The molecule has 0 saturated heterocycles. The Labute approximate surface area is 179 Å². The molecule has 0 bridgehead atoms. The average molecular weight is 425 g/mol. The Hall–Kier alpha value is -3.06. The van der Waals surface area contributed by atoms with Crippen molar-refractivity contribution in [1.29, 1.82) is 0 Å². The van der Waals surface area contributed by atoms with Gasteiger partial charge in [0.15, 0.2) is 0 Å². The second-order valence-corrected chi connectivity index (χ2v) is 8.41. The van der Waals surface area contributed by atoms with E-state index in [-0.39, 0.29) is 5.91 Å². The number of furan rings is 1. The average Bonchev–Trinajstić information content (AvgIpc) is 3.35. The molecule has 0 spiro atoms. The fourth-order valence-electron chi connectivity index (χ4n) is 3.68. The van der Waals surface area contributed by atoms with Gasteiger partial charge in [0.2, 0.25) is 0 Å². The molecule has 1 amide bonds. The lowest BCUT2D eigenvalue weighted by atomic mass is 9.95. The molecule has 0 atom stereocenters. The number of rotatable bonds is 6. The lowest BCUT2D eigenvalue weighted by Gasteiger charge is -2.13. The van der Waals surface area contributed by atoms with Crippen LogP contribution in [-0.2, 0) is 24.1 Å². The minimum Gasteiger partial charge on any atom is -0.465 e. The number of hydrogen-bond donors (Lipinski definition) is 2. The first-order valence-corrected chi connectivity index (χ1v) is 10.8. The van der Waals surface area contributed by atoms with Crippen molar-refractivity contribution in [3.8, 4) is 0 Å².